The minimum atomic E-state index is -0.976. The molecule has 0 aromatic carbocycles. The van der Waals surface area contributed by atoms with Gasteiger partial charge in [-0.3, -0.25) is 4.79 Å². The first-order valence-electron chi connectivity index (χ1n) is 6.79. The van der Waals surface area contributed by atoms with E-state index in [4.69, 9.17) is 5.11 Å². The largest absolute Gasteiger partial charge is 0.480 e. The van der Waals surface area contributed by atoms with Gasteiger partial charge in [-0.15, -0.1) is 0 Å². The number of hydrogen-bond donors (Lipinski definition) is 2. The van der Waals surface area contributed by atoms with Gasteiger partial charge in [0, 0.05) is 12.7 Å². The number of nitrogens with zero attached hydrogens (tertiary/aromatic N) is 1. The van der Waals surface area contributed by atoms with Gasteiger partial charge < -0.3 is 15.0 Å². The fraction of sp³-hybridized carbons (Fsp3) is 0.571. The molecule has 0 bridgehead atoms. The molecule has 0 saturated heterocycles. The highest BCUT2D eigenvalue weighted by Crippen LogP contribution is 2.06. The number of carbonyl (C=O) groups excluding carboxylic acids is 1. The van der Waals surface area contributed by atoms with E-state index in [1.54, 1.807) is 12.1 Å². The van der Waals surface area contributed by atoms with E-state index in [-0.39, 0.29) is 5.91 Å². The molecular formula is C14H22N2O3. The molecule has 1 aromatic rings. The van der Waals surface area contributed by atoms with Crippen molar-refractivity contribution in [3.8, 4) is 0 Å². The van der Waals surface area contributed by atoms with Gasteiger partial charge in [-0.05, 0) is 25.0 Å². The molecule has 0 aliphatic carbocycles. The van der Waals surface area contributed by atoms with Crippen LogP contribution in [0.25, 0.3) is 0 Å². The normalized spacial score (nSPS) is 12.1. The Kier molecular flexibility index (Phi) is 6.12. The molecule has 1 atom stereocenters. The molecule has 0 saturated carbocycles. The number of nitrogens with one attached hydrogen (secondary N) is 1. The number of aliphatic carboxylic acids is 1. The quantitative estimate of drug-likeness (QED) is 0.758. The van der Waals surface area contributed by atoms with Crippen LogP contribution in [0.1, 0.15) is 50.0 Å². The summed E-state index contributed by atoms with van der Waals surface area (Å²) in [5.74, 6) is -1.29. The average Bonchev–Trinajstić information content (AvgIpc) is 2.82. The number of carboxylic acids is 1. The van der Waals surface area contributed by atoms with Crippen LogP contribution in [-0.2, 0) is 11.3 Å². The molecule has 0 aliphatic rings. The lowest BCUT2D eigenvalue weighted by molar-refractivity contribution is -0.139. The van der Waals surface area contributed by atoms with Gasteiger partial charge in [-0.1, -0.05) is 26.7 Å². The van der Waals surface area contributed by atoms with Crippen LogP contribution in [0.3, 0.4) is 0 Å². The highest BCUT2D eigenvalue weighted by atomic mass is 16.4. The summed E-state index contributed by atoms with van der Waals surface area (Å²) in [5, 5.41) is 11.7. The smallest absolute Gasteiger partial charge is 0.326 e. The molecule has 1 aromatic heterocycles. The fourth-order valence-electron chi connectivity index (χ4n) is 1.95. The van der Waals surface area contributed by atoms with E-state index in [1.165, 1.54) is 0 Å². The Labute approximate surface area is 113 Å². The second-order valence-electron chi connectivity index (χ2n) is 4.59. The SMILES string of the molecule is CCCCC(NC(=O)c1cccn1CCC)C(=O)O. The maximum absolute atomic E-state index is 12.1. The number of rotatable bonds is 8. The number of carbonyl (C=O) groups is 2. The van der Waals surface area contributed by atoms with Crippen molar-refractivity contribution in [3.05, 3.63) is 24.0 Å². The monoisotopic (exact) mass is 266 g/mol. The van der Waals surface area contributed by atoms with Crippen molar-refractivity contribution in [2.24, 2.45) is 0 Å². The van der Waals surface area contributed by atoms with Gasteiger partial charge in [0.1, 0.15) is 11.7 Å². The Balaban J connectivity index is 2.70. The summed E-state index contributed by atoms with van der Waals surface area (Å²) >= 11 is 0. The van der Waals surface area contributed by atoms with Crippen LogP contribution in [0.5, 0.6) is 0 Å². The Morgan fingerprint density at radius 2 is 2.11 bits per heavy atom. The van der Waals surface area contributed by atoms with E-state index in [2.05, 4.69) is 5.32 Å². The molecule has 1 unspecified atom stereocenters. The zero-order valence-corrected chi connectivity index (χ0v) is 11.6. The summed E-state index contributed by atoms with van der Waals surface area (Å²) in [6, 6.07) is 2.70. The van der Waals surface area contributed by atoms with Crippen molar-refractivity contribution in [1.29, 1.82) is 0 Å². The van der Waals surface area contributed by atoms with E-state index in [9.17, 15) is 9.59 Å². The molecule has 1 heterocycles. The van der Waals surface area contributed by atoms with Crippen molar-refractivity contribution in [3.63, 3.8) is 0 Å². The van der Waals surface area contributed by atoms with Gasteiger partial charge in [0.15, 0.2) is 0 Å². The molecular weight excluding hydrogens is 244 g/mol. The predicted molar refractivity (Wildman–Crippen MR) is 73.1 cm³/mol. The number of aryl methyl sites for hydroxylation is 1. The maximum atomic E-state index is 12.1. The van der Waals surface area contributed by atoms with Crippen LogP contribution < -0.4 is 5.32 Å². The molecule has 0 radical (unpaired) electrons. The van der Waals surface area contributed by atoms with Crippen LogP contribution in [0.2, 0.25) is 0 Å². The third-order valence-electron chi connectivity index (χ3n) is 2.98. The predicted octanol–water partition coefficient (Wildman–Crippen LogP) is 2.27. The average molecular weight is 266 g/mol. The first kappa shape index (κ1) is 15.3. The van der Waals surface area contributed by atoms with Gasteiger partial charge in [0.25, 0.3) is 5.91 Å². The summed E-state index contributed by atoms with van der Waals surface area (Å²) in [4.78, 5) is 23.2. The maximum Gasteiger partial charge on any atom is 0.326 e. The molecule has 5 heteroatoms. The summed E-state index contributed by atoms with van der Waals surface area (Å²) in [7, 11) is 0. The van der Waals surface area contributed by atoms with E-state index in [0.29, 0.717) is 12.1 Å². The molecule has 1 rings (SSSR count). The van der Waals surface area contributed by atoms with E-state index >= 15 is 0 Å². The summed E-state index contributed by atoms with van der Waals surface area (Å²) < 4.78 is 1.84. The van der Waals surface area contributed by atoms with Gasteiger partial charge >= 0.3 is 5.97 Å². The zero-order valence-electron chi connectivity index (χ0n) is 11.6. The van der Waals surface area contributed by atoms with Crippen molar-refractivity contribution >= 4 is 11.9 Å². The van der Waals surface area contributed by atoms with E-state index < -0.39 is 12.0 Å². The number of aromatic nitrogens is 1. The lowest BCUT2D eigenvalue weighted by Gasteiger charge is -2.15. The van der Waals surface area contributed by atoms with Crippen molar-refractivity contribution < 1.29 is 14.7 Å². The van der Waals surface area contributed by atoms with Crippen molar-refractivity contribution in [2.45, 2.75) is 52.1 Å². The lowest BCUT2D eigenvalue weighted by Crippen LogP contribution is -2.41. The van der Waals surface area contributed by atoms with Gasteiger partial charge in [-0.25, -0.2) is 4.79 Å². The minimum Gasteiger partial charge on any atom is -0.480 e. The number of unbranched alkanes of at least 4 members (excludes halogenated alkanes) is 1. The van der Waals surface area contributed by atoms with Crippen LogP contribution in [0, 0.1) is 0 Å². The first-order chi connectivity index (χ1) is 9.10. The minimum absolute atomic E-state index is 0.318. The second kappa shape index (κ2) is 7.61. The van der Waals surface area contributed by atoms with Crippen LogP contribution >= 0.6 is 0 Å². The summed E-state index contributed by atoms with van der Waals surface area (Å²) in [5.41, 5.74) is 0.518. The molecule has 0 fully saturated rings. The van der Waals surface area contributed by atoms with Crippen molar-refractivity contribution in [2.75, 3.05) is 0 Å². The summed E-state index contributed by atoms with van der Waals surface area (Å²) in [6.07, 6.45) is 4.92. The van der Waals surface area contributed by atoms with Gasteiger partial charge in [0.05, 0.1) is 0 Å². The van der Waals surface area contributed by atoms with Crippen LogP contribution in [-0.4, -0.2) is 27.6 Å². The molecule has 106 valence electrons. The Morgan fingerprint density at radius 1 is 1.37 bits per heavy atom. The van der Waals surface area contributed by atoms with Crippen LogP contribution in [0.4, 0.5) is 0 Å². The Morgan fingerprint density at radius 3 is 2.68 bits per heavy atom. The molecule has 2 N–H and O–H groups in total. The highest BCUT2D eigenvalue weighted by molar-refractivity contribution is 5.95. The fourth-order valence-corrected chi connectivity index (χ4v) is 1.95. The van der Waals surface area contributed by atoms with E-state index in [0.717, 1.165) is 25.8 Å². The van der Waals surface area contributed by atoms with Gasteiger partial charge in [0.2, 0.25) is 0 Å². The van der Waals surface area contributed by atoms with Crippen LogP contribution in [0.15, 0.2) is 18.3 Å². The van der Waals surface area contributed by atoms with Gasteiger partial charge in [-0.2, -0.15) is 0 Å². The third-order valence-corrected chi connectivity index (χ3v) is 2.98. The summed E-state index contributed by atoms with van der Waals surface area (Å²) in [6.45, 7) is 4.78. The standard InChI is InChI=1S/C14H22N2O3/c1-3-5-7-11(14(18)19)15-13(17)12-8-6-10-16(12)9-4-2/h6,8,10-11H,3-5,7,9H2,1-2H3,(H,15,17)(H,18,19). The molecule has 0 aliphatic heterocycles. The highest BCUT2D eigenvalue weighted by Gasteiger charge is 2.21. The zero-order chi connectivity index (χ0) is 14.3. The Bertz CT molecular complexity index is 426. The number of amides is 1. The Hall–Kier alpha value is -1.78. The molecule has 1 amide bonds. The second-order valence-corrected chi connectivity index (χ2v) is 4.59. The topological polar surface area (TPSA) is 71.3 Å². The first-order valence-corrected chi connectivity index (χ1v) is 6.79. The lowest BCUT2D eigenvalue weighted by atomic mass is 10.1. The molecule has 19 heavy (non-hydrogen) atoms. The molecule has 0 spiro atoms. The third kappa shape index (κ3) is 4.43. The van der Waals surface area contributed by atoms with Crippen molar-refractivity contribution in [1.82, 2.24) is 9.88 Å². The molecule has 5 nitrogen and oxygen atoms in total. The number of carboxylic acid groups (broad SMARTS) is 1. The van der Waals surface area contributed by atoms with E-state index in [1.807, 2.05) is 24.6 Å². The number of hydrogen-bond acceptors (Lipinski definition) is 2.